The van der Waals surface area contributed by atoms with Gasteiger partial charge in [0.25, 0.3) is 0 Å². The van der Waals surface area contributed by atoms with Gasteiger partial charge in [0.1, 0.15) is 0 Å². The van der Waals surface area contributed by atoms with Crippen molar-refractivity contribution in [1.29, 1.82) is 0 Å². The van der Waals surface area contributed by atoms with Crippen molar-refractivity contribution in [3.05, 3.63) is 0 Å². The van der Waals surface area contributed by atoms with Crippen molar-refractivity contribution < 1.29 is 9.59 Å². The monoisotopic (exact) mass is 239 g/mol. The van der Waals surface area contributed by atoms with E-state index in [2.05, 4.69) is 11.9 Å². The third kappa shape index (κ3) is 2.29. The first-order valence-electron chi connectivity index (χ1n) is 6.19. The molecular weight excluding hydrogens is 218 g/mol. The number of primary amides is 1. The number of nitrogens with two attached hydrogens (primary N) is 1. The summed E-state index contributed by atoms with van der Waals surface area (Å²) in [4.78, 5) is 27.3. The molecule has 2 saturated heterocycles. The van der Waals surface area contributed by atoms with Crippen LogP contribution in [0.1, 0.15) is 19.8 Å². The molecule has 2 aliphatic rings. The molecule has 0 spiro atoms. The first-order chi connectivity index (χ1) is 7.92. The van der Waals surface area contributed by atoms with E-state index in [9.17, 15) is 9.59 Å². The van der Waals surface area contributed by atoms with Crippen molar-refractivity contribution >= 4 is 11.8 Å². The van der Waals surface area contributed by atoms with Gasteiger partial charge in [-0.2, -0.15) is 0 Å². The van der Waals surface area contributed by atoms with E-state index in [0.717, 1.165) is 25.9 Å². The maximum Gasteiger partial charge on any atom is 0.226 e. The van der Waals surface area contributed by atoms with Gasteiger partial charge < -0.3 is 15.5 Å². The van der Waals surface area contributed by atoms with E-state index in [0.29, 0.717) is 13.1 Å². The number of hydrogen-bond acceptors (Lipinski definition) is 3. The molecule has 2 amide bonds. The summed E-state index contributed by atoms with van der Waals surface area (Å²) < 4.78 is 0. The molecule has 0 saturated carbocycles. The zero-order chi connectivity index (χ0) is 12.6. The number of hydrogen-bond donors (Lipinski definition) is 1. The average Bonchev–Trinajstić information content (AvgIpc) is 2.24. The van der Waals surface area contributed by atoms with Crippen LogP contribution in [0, 0.1) is 11.3 Å². The minimum Gasteiger partial charge on any atom is -0.369 e. The molecule has 0 aromatic carbocycles. The van der Waals surface area contributed by atoms with Crippen LogP contribution in [-0.2, 0) is 9.59 Å². The summed E-state index contributed by atoms with van der Waals surface area (Å²) >= 11 is 0. The number of nitrogens with zero attached hydrogens (tertiary/aromatic N) is 2. The minimum absolute atomic E-state index is 0.142. The van der Waals surface area contributed by atoms with Gasteiger partial charge in [0.2, 0.25) is 11.8 Å². The topological polar surface area (TPSA) is 66.6 Å². The lowest BCUT2D eigenvalue weighted by molar-refractivity contribution is -0.154. The summed E-state index contributed by atoms with van der Waals surface area (Å²) in [5.41, 5.74) is 4.81. The smallest absolute Gasteiger partial charge is 0.226 e. The fourth-order valence-electron chi connectivity index (χ4n) is 2.62. The molecule has 0 atom stereocenters. The molecule has 96 valence electrons. The molecule has 0 aromatic rings. The van der Waals surface area contributed by atoms with E-state index in [1.807, 2.05) is 6.92 Å². The molecule has 0 radical (unpaired) electrons. The molecule has 2 aliphatic heterocycles. The van der Waals surface area contributed by atoms with Crippen LogP contribution >= 0.6 is 0 Å². The van der Waals surface area contributed by atoms with Crippen molar-refractivity contribution in [2.45, 2.75) is 19.8 Å². The summed E-state index contributed by atoms with van der Waals surface area (Å²) in [5, 5.41) is 0. The average molecular weight is 239 g/mol. The molecular formula is C12H21N3O2. The van der Waals surface area contributed by atoms with Gasteiger partial charge in [-0.3, -0.25) is 9.59 Å². The zero-order valence-electron chi connectivity index (χ0n) is 10.6. The second-order valence-electron chi connectivity index (χ2n) is 5.70. The van der Waals surface area contributed by atoms with Crippen molar-refractivity contribution in [3.8, 4) is 0 Å². The number of rotatable bonds is 2. The number of carbonyl (C=O) groups is 2. The zero-order valence-corrected chi connectivity index (χ0v) is 10.6. The first-order valence-corrected chi connectivity index (χ1v) is 6.19. The van der Waals surface area contributed by atoms with Crippen LogP contribution in [0.5, 0.6) is 0 Å². The largest absolute Gasteiger partial charge is 0.369 e. The van der Waals surface area contributed by atoms with Crippen LogP contribution in [0.3, 0.4) is 0 Å². The van der Waals surface area contributed by atoms with Crippen LogP contribution in [0.25, 0.3) is 0 Å². The molecule has 0 unspecified atom stereocenters. The van der Waals surface area contributed by atoms with Crippen LogP contribution in [0.2, 0.25) is 0 Å². The lowest BCUT2D eigenvalue weighted by atomic mass is 9.80. The number of carbonyl (C=O) groups excluding carboxylic acids is 2. The molecule has 2 fully saturated rings. The van der Waals surface area contributed by atoms with Gasteiger partial charge in [0, 0.05) is 19.0 Å². The first kappa shape index (κ1) is 12.4. The van der Waals surface area contributed by atoms with Gasteiger partial charge in [-0.25, -0.2) is 0 Å². The highest BCUT2D eigenvalue weighted by Crippen LogP contribution is 2.32. The molecule has 0 aromatic heterocycles. The molecule has 5 nitrogen and oxygen atoms in total. The fourth-order valence-corrected chi connectivity index (χ4v) is 2.62. The second kappa shape index (κ2) is 4.29. The highest BCUT2D eigenvalue weighted by molar-refractivity contribution is 5.87. The van der Waals surface area contributed by atoms with E-state index in [4.69, 9.17) is 5.73 Å². The molecule has 5 heteroatoms. The molecule has 2 N–H and O–H groups in total. The number of amides is 2. The van der Waals surface area contributed by atoms with Crippen molar-refractivity contribution in [2.75, 3.05) is 33.2 Å². The Morgan fingerprint density at radius 1 is 1.24 bits per heavy atom. The third-order valence-corrected chi connectivity index (χ3v) is 4.05. The van der Waals surface area contributed by atoms with Crippen molar-refractivity contribution in [3.63, 3.8) is 0 Å². The minimum atomic E-state index is -0.499. The van der Waals surface area contributed by atoms with Gasteiger partial charge >= 0.3 is 0 Å². The Hall–Kier alpha value is -1.10. The summed E-state index contributed by atoms with van der Waals surface area (Å²) in [6.07, 6.45) is 1.86. The quantitative estimate of drug-likeness (QED) is 0.717. The van der Waals surface area contributed by atoms with Crippen LogP contribution in [0.15, 0.2) is 0 Å². The third-order valence-electron chi connectivity index (χ3n) is 4.05. The highest BCUT2D eigenvalue weighted by Gasteiger charge is 2.47. The molecule has 17 heavy (non-hydrogen) atoms. The van der Waals surface area contributed by atoms with Gasteiger partial charge in [-0.1, -0.05) is 0 Å². The lowest BCUT2D eigenvalue weighted by Crippen LogP contribution is -2.63. The Labute approximate surface area is 102 Å². The Morgan fingerprint density at radius 2 is 1.76 bits per heavy atom. The SMILES string of the molecule is CN1CCC(C(=O)N2CC(C)(C(N)=O)C2)CC1. The Morgan fingerprint density at radius 3 is 2.24 bits per heavy atom. The molecule has 0 aliphatic carbocycles. The normalized spacial score (nSPS) is 25.4. The van der Waals surface area contributed by atoms with Crippen molar-refractivity contribution in [1.82, 2.24) is 9.80 Å². The summed E-state index contributed by atoms with van der Waals surface area (Å²) in [6, 6.07) is 0. The second-order valence-corrected chi connectivity index (χ2v) is 5.70. The Bertz CT molecular complexity index is 329. The summed E-state index contributed by atoms with van der Waals surface area (Å²) in [6.45, 7) is 4.78. The highest BCUT2D eigenvalue weighted by atomic mass is 16.2. The van der Waals surface area contributed by atoms with E-state index in [1.165, 1.54) is 0 Å². The van der Waals surface area contributed by atoms with Crippen LogP contribution in [-0.4, -0.2) is 54.8 Å². The fraction of sp³-hybridized carbons (Fsp3) is 0.833. The van der Waals surface area contributed by atoms with E-state index < -0.39 is 5.41 Å². The Kier molecular flexibility index (Phi) is 3.12. The maximum atomic E-state index is 12.2. The molecule has 0 bridgehead atoms. The lowest BCUT2D eigenvalue weighted by Gasteiger charge is -2.47. The van der Waals surface area contributed by atoms with Crippen LogP contribution in [0.4, 0.5) is 0 Å². The Balaban J connectivity index is 1.85. The van der Waals surface area contributed by atoms with Gasteiger partial charge in [0.15, 0.2) is 0 Å². The summed E-state index contributed by atoms with van der Waals surface area (Å²) in [7, 11) is 2.08. The van der Waals surface area contributed by atoms with E-state index in [1.54, 1.807) is 4.90 Å². The van der Waals surface area contributed by atoms with Gasteiger partial charge in [0.05, 0.1) is 5.41 Å². The van der Waals surface area contributed by atoms with E-state index in [-0.39, 0.29) is 17.7 Å². The van der Waals surface area contributed by atoms with E-state index >= 15 is 0 Å². The predicted molar refractivity (Wildman–Crippen MR) is 64.1 cm³/mol. The molecule has 2 heterocycles. The van der Waals surface area contributed by atoms with Gasteiger partial charge in [-0.15, -0.1) is 0 Å². The van der Waals surface area contributed by atoms with Crippen LogP contribution < -0.4 is 5.73 Å². The van der Waals surface area contributed by atoms with Crippen molar-refractivity contribution in [2.24, 2.45) is 17.1 Å². The number of likely N-dealkylation sites (tertiary alicyclic amines) is 2. The molecule has 2 rings (SSSR count). The maximum absolute atomic E-state index is 12.2. The predicted octanol–water partition coefficient (Wildman–Crippen LogP) is -0.338. The van der Waals surface area contributed by atoms with Gasteiger partial charge in [-0.05, 0) is 39.9 Å². The standard InChI is InChI=1S/C12H21N3O2/c1-12(11(13)17)7-15(8-12)10(16)9-3-5-14(2)6-4-9/h9H,3-8H2,1-2H3,(H2,13,17). The summed E-state index contributed by atoms with van der Waals surface area (Å²) in [5.74, 6) is 0.0466. The number of piperidine rings is 1.